The summed E-state index contributed by atoms with van der Waals surface area (Å²) in [5.41, 5.74) is -0.173. The van der Waals surface area contributed by atoms with Gasteiger partial charge in [0.25, 0.3) is 0 Å². The lowest BCUT2D eigenvalue weighted by atomic mass is 10.1. The van der Waals surface area contributed by atoms with Crippen molar-refractivity contribution in [3.05, 3.63) is 53.8 Å². The number of nitrogens with two attached hydrogens (primary N) is 1. The predicted molar refractivity (Wildman–Crippen MR) is 139 cm³/mol. The Morgan fingerprint density at radius 3 is 2.11 bits per heavy atom. The normalized spacial score (nSPS) is 11.5. The molecular formula is C28H36FNO5S. The van der Waals surface area contributed by atoms with E-state index < -0.39 is 21.4 Å². The molecule has 0 heterocycles. The number of primary sulfonamides is 1. The molecule has 2 aromatic rings. The van der Waals surface area contributed by atoms with E-state index in [1.165, 1.54) is 42.5 Å². The number of carbonyl (C=O) groups is 1. The van der Waals surface area contributed by atoms with Gasteiger partial charge in [-0.25, -0.2) is 17.9 Å². The molecule has 2 rings (SSSR count). The molecule has 0 unspecified atom stereocenters. The van der Waals surface area contributed by atoms with E-state index in [4.69, 9.17) is 14.6 Å². The number of hydrogen-bond donors (Lipinski definition) is 1. The number of halogens is 1. The fourth-order valence-corrected chi connectivity index (χ4v) is 3.93. The van der Waals surface area contributed by atoms with Crippen LogP contribution >= 0.6 is 0 Å². The van der Waals surface area contributed by atoms with Crippen LogP contribution in [0.5, 0.6) is 11.5 Å². The van der Waals surface area contributed by atoms with Crippen molar-refractivity contribution in [2.24, 2.45) is 5.14 Å². The Morgan fingerprint density at radius 1 is 0.917 bits per heavy atom. The van der Waals surface area contributed by atoms with E-state index in [9.17, 15) is 17.6 Å². The highest BCUT2D eigenvalue weighted by Crippen LogP contribution is 2.24. The minimum Gasteiger partial charge on any atom is -0.460 e. The van der Waals surface area contributed by atoms with Crippen LogP contribution < -0.4 is 9.88 Å². The van der Waals surface area contributed by atoms with Crippen molar-refractivity contribution < 1.29 is 27.1 Å². The Bertz CT molecular complexity index is 1160. The molecule has 0 fully saturated rings. The molecule has 36 heavy (non-hydrogen) atoms. The summed E-state index contributed by atoms with van der Waals surface area (Å²) >= 11 is 0. The maximum absolute atomic E-state index is 14.1. The second kappa shape index (κ2) is 14.0. The number of rotatable bonds is 12. The van der Waals surface area contributed by atoms with Gasteiger partial charge in [-0.15, -0.1) is 0 Å². The summed E-state index contributed by atoms with van der Waals surface area (Å²) in [6.07, 6.45) is 8.35. The average Bonchev–Trinajstić information content (AvgIpc) is 2.78. The number of ether oxygens (including phenoxy) is 2. The van der Waals surface area contributed by atoms with E-state index in [1.807, 2.05) is 20.8 Å². The molecule has 6 nitrogen and oxygen atoms in total. The largest absolute Gasteiger partial charge is 0.460 e. The van der Waals surface area contributed by atoms with E-state index in [1.54, 1.807) is 0 Å². The van der Waals surface area contributed by atoms with E-state index in [-0.39, 0.29) is 16.4 Å². The molecular weight excluding hydrogens is 481 g/mol. The first-order valence-corrected chi connectivity index (χ1v) is 13.8. The van der Waals surface area contributed by atoms with E-state index in [0.29, 0.717) is 24.3 Å². The van der Waals surface area contributed by atoms with Crippen LogP contribution in [0.25, 0.3) is 0 Å². The maximum atomic E-state index is 14.1. The molecule has 0 aromatic heterocycles. The Labute approximate surface area is 214 Å². The van der Waals surface area contributed by atoms with Crippen LogP contribution in [0, 0.1) is 17.7 Å². The highest BCUT2D eigenvalue weighted by Gasteiger charge is 2.15. The molecule has 0 atom stereocenters. The third-order valence-corrected chi connectivity index (χ3v) is 6.08. The standard InChI is InChI=1S/C28H36FNO5S/c1-28(2,3)35-27(31)14-12-10-8-6-4-5-7-9-11-13-22-21-24(17-20-26(22)29)34-23-15-18-25(19-16-23)36(30,32)33/h15-21H,4-10,12,14H2,1-3H3,(H2,30,32,33). The molecule has 0 bridgehead atoms. The number of sulfonamides is 1. The van der Waals surface area contributed by atoms with Crippen molar-refractivity contribution in [2.45, 2.75) is 89.1 Å². The van der Waals surface area contributed by atoms with E-state index in [0.717, 1.165) is 44.9 Å². The number of hydrogen-bond acceptors (Lipinski definition) is 5. The van der Waals surface area contributed by atoms with Gasteiger partial charge >= 0.3 is 5.97 Å². The van der Waals surface area contributed by atoms with Crippen LogP contribution in [0.3, 0.4) is 0 Å². The average molecular weight is 518 g/mol. The number of carbonyl (C=O) groups excluding carboxylic acids is 1. The third kappa shape index (κ3) is 11.7. The lowest BCUT2D eigenvalue weighted by molar-refractivity contribution is -0.154. The first-order valence-electron chi connectivity index (χ1n) is 12.2. The van der Waals surface area contributed by atoms with Crippen LogP contribution in [0.1, 0.15) is 84.1 Å². The zero-order valence-electron chi connectivity index (χ0n) is 21.3. The summed E-state index contributed by atoms with van der Waals surface area (Å²) in [5, 5.41) is 5.09. The zero-order chi connectivity index (χ0) is 26.6. The Hall–Kier alpha value is -2.89. The topological polar surface area (TPSA) is 95.7 Å². The molecule has 0 aliphatic carbocycles. The molecule has 2 N–H and O–H groups in total. The summed E-state index contributed by atoms with van der Waals surface area (Å²) in [5.74, 6) is 6.13. The Morgan fingerprint density at radius 2 is 1.50 bits per heavy atom. The van der Waals surface area contributed by atoms with Gasteiger partial charge in [0.15, 0.2) is 0 Å². The summed E-state index contributed by atoms with van der Waals surface area (Å²) in [6.45, 7) is 5.63. The van der Waals surface area contributed by atoms with Gasteiger partial charge in [-0.1, -0.05) is 43.9 Å². The van der Waals surface area contributed by atoms with Gasteiger partial charge in [0, 0.05) is 12.8 Å². The van der Waals surface area contributed by atoms with E-state index in [2.05, 4.69) is 11.8 Å². The van der Waals surface area contributed by atoms with Crippen LogP contribution in [0.4, 0.5) is 4.39 Å². The van der Waals surface area contributed by atoms with E-state index >= 15 is 0 Å². The lowest BCUT2D eigenvalue weighted by Crippen LogP contribution is -2.23. The highest BCUT2D eigenvalue weighted by molar-refractivity contribution is 7.89. The van der Waals surface area contributed by atoms with Gasteiger partial charge < -0.3 is 9.47 Å². The van der Waals surface area contributed by atoms with Crippen molar-refractivity contribution in [1.82, 2.24) is 0 Å². The first-order chi connectivity index (χ1) is 16.9. The summed E-state index contributed by atoms with van der Waals surface area (Å²) in [6, 6.07) is 9.96. The fraction of sp³-hybridized carbons (Fsp3) is 0.464. The van der Waals surface area contributed by atoms with Gasteiger partial charge in [-0.05, 0) is 76.1 Å². The Balaban J connectivity index is 1.67. The van der Waals surface area contributed by atoms with Crippen LogP contribution in [0.15, 0.2) is 47.4 Å². The molecule has 0 aliphatic rings. The fourth-order valence-electron chi connectivity index (χ4n) is 3.41. The number of esters is 1. The van der Waals surface area contributed by atoms with Crippen molar-refractivity contribution in [3.63, 3.8) is 0 Å². The van der Waals surface area contributed by atoms with Crippen LogP contribution in [0.2, 0.25) is 0 Å². The molecule has 2 aromatic carbocycles. The van der Waals surface area contributed by atoms with Gasteiger partial charge in [0.1, 0.15) is 22.9 Å². The van der Waals surface area contributed by atoms with Crippen LogP contribution in [-0.2, 0) is 19.6 Å². The van der Waals surface area contributed by atoms with Gasteiger partial charge in [-0.2, -0.15) is 0 Å². The molecule has 196 valence electrons. The molecule has 0 saturated carbocycles. The SMILES string of the molecule is CC(C)(C)OC(=O)CCCCCCCCCC#Cc1cc(Oc2ccc(S(N)(=O)=O)cc2)ccc1F. The molecule has 0 amide bonds. The molecule has 0 saturated heterocycles. The van der Waals surface area contributed by atoms with Crippen LogP contribution in [-0.4, -0.2) is 20.0 Å². The summed E-state index contributed by atoms with van der Waals surface area (Å²) in [4.78, 5) is 11.7. The summed E-state index contributed by atoms with van der Waals surface area (Å²) < 4.78 is 47.8. The first kappa shape index (κ1) is 29.3. The number of benzene rings is 2. The smallest absolute Gasteiger partial charge is 0.306 e. The van der Waals surface area contributed by atoms with Gasteiger partial charge in [-0.3, -0.25) is 4.79 Å². The molecule has 0 radical (unpaired) electrons. The van der Waals surface area contributed by atoms with Gasteiger partial charge in [0.2, 0.25) is 10.0 Å². The van der Waals surface area contributed by atoms with Crippen molar-refractivity contribution in [2.75, 3.05) is 0 Å². The van der Waals surface area contributed by atoms with Crippen molar-refractivity contribution in [3.8, 4) is 23.3 Å². The lowest BCUT2D eigenvalue weighted by Gasteiger charge is -2.19. The quantitative estimate of drug-likeness (QED) is 0.198. The monoisotopic (exact) mass is 517 g/mol. The maximum Gasteiger partial charge on any atom is 0.306 e. The number of unbranched alkanes of at least 4 members (excludes halogenated alkanes) is 7. The molecule has 0 spiro atoms. The minimum absolute atomic E-state index is 0.0151. The van der Waals surface area contributed by atoms with Gasteiger partial charge in [0.05, 0.1) is 10.5 Å². The third-order valence-electron chi connectivity index (χ3n) is 5.15. The second-order valence-electron chi connectivity index (χ2n) is 9.62. The molecule has 8 heteroatoms. The minimum atomic E-state index is -3.78. The summed E-state index contributed by atoms with van der Waals surface area (Å²) in [7, 11) is -3.78. The van der Waals surface area contributed by atoms with Crippen molar-refractivity contribution >= 4 is 16.0 Å². The molecule has 0 aliphatic heterocycles. The highest BCUT2D eigenvalue weighted by atomic mass is 32.2. The van der Waals surface area contributed by atoms with Crippen molar-refractivity contribution in [1.29, 1.82) is 0 Å². The Kier molecular flexibility index (Phi) is 11.4. The predicted octanol–water partition coefficient (Wildman–Crippen LogP) is 6.47. The second-order valence-corrected chi connectivity index (χ2v) is 11.2. The zero-order valence-corrected chi connectivity index (χ0v) is 22.1.